The lowest BCUT2D eigenvalue weighted by Crippen LogP contribution is -2.51. The second kappa shape index (κ2) is 8.17. The van der Waals surface area contributed by atoms with E-state index in [1.807, 2.05) is 5.38 Å². The Kier molecular flexibility index (Phi) is 5.89. The molecular formula is C20H21F2NO3S. The molecule has 144 valence electrons. The van der Waals surface area contributed by atoms with Crippen LogP contribution in [-0.2, 0) is 16.0 Å². The normalized spacial score (nSPS) is 19.7. The summed E-state index contributed by atoms with van der Waals surface area (Å²) in [6.07, 6.45) is 1.15. The van der Waals surface area contributed by atoms with Crippen molar-refractivity contribution in [2.45, 2.75) is 26.2 Å². The number of piperidine rings is 1. The van der Waals surface area contributed by atoms with E-state index in [4.69, 9.17) is 4.74 Å². The first-order valence-electron chi connectivity index (χ1n) is 8.88. The zero-order valence-corrected chi connectivity index (χ0v) is 15.9. The number of hydrogen-bond acceptors (Lipinski definition) is 4. The first-order chi connectivity index (χ1) is 12.9. The summed E-state index contributed by atoms with van der Waals surface area (Å²) in [6, 6.07) is 5.08. The monoisotopic (exact) mass is 393 g/mol. The lowest BCUT2D eigenvalue weighted by molar-refractivity contribution is -0.158. The maximum Gasteiger partial charge on any atom is 0.314 e. The third kappa shape index (κ3) is 4.18. The number of hydrogen-bond donors (Lipinski definition) is 0. The Morgan fingerprint density at radius 2 is 2.11 bits per heavy atom. The van der Waals surface area contributed by atoms with Crippen LogP contribution in [0.5, 0.6) is 0 Å². The molecule has 1 atom stereocenters. The first-order valence-corrected chi connectivity index (χ1v) is 9.82. The van der Waals surface area contributed by atoms with Gasteiger partial charge in [0.2, 0.25) is 0 Å². The number of nitrogens with zero attached hydrogens (tertiary/aromatic N) is 1. The number of likely N-dealkylation sites (tertiary alicyclic amines) is 1. The highest BCUT2D eigenvalue weighted by atomic mass is 32.1. The Morgan fingerprint density at radius 1 is 1.30 bits per heavy atom. The van der Waals surface area contributed by atoms with E-state index in [0.717, 1.165) is 6.07 Å². The van der Waals surface area contributed by atoms with Gasteiger partial charge in [0, 0.05) is 24.5 Å². The Balaban J connectivity index is 1.90. The summed E-state index contributed by atoms with van der Waals surface area (Å²) in [6.45, 7) is 2.59. The van der Waals surface area contributed by atoms with Crippen LogP contribution in [0.1, 0.15) is 35.7 Å². The van der Waals surface area contributed by atoms with E-state index in [1.165, 1.54) is 23.5 Å². The van der Waals surface area contributed by atoms with Crippen molar-refractivity contribution in [3.05, 3.63) is 57.8 Å². The molecule has 1 unspecified atom stereocenters. The van der Waals surface area contributed by atoms with Gasteiger partial charge in [-0.1, -0.05) is 6.07 Å². The molecular weight excluding hydrogens is 372 g/mol. The Bertz CT molecular complexity index is 825. The number of carbonyl (C=O) groups is 2. The number of thiophene rings is 1. The highest BCUT2D eigenvalue weighted by molar-refractivity contribution is 7.08. The molecule has 2 heterocycles. The van der Waals surface area contributed by atoms with Crippen molar-refractivity contribution in [1.29, 1.82) is 0 Å². The topological polar surface area (TPSA) is 46.6 Å². The third-order valence-electron chi connectivity index (χ3n) is 4.88. The van der Waals surface area contributed by atoms with Crippen molar-refractivity contribution in [2.24, 2.45) is 5.41 Å². The van der Waals surface area contributed by atoms with Crippen molar-refractivity contribution >= 4 is 23.2 Å². The van der Waals surface area contributed by atoms with Gasteiger partial charge in [0.15, 0.2) is 0 Å². The Labute approximate surface area is 160 Å². The van der Waals surface area contributed by atoms with Crippen molar-refractivity contribution < 1.29 is 23.1 Å². The van der Waals surface area contributed by atoms with Crippen LogP contribution in [0.25, 0.3) is 0 Å². The summed E-state index contributed by atoms with van der Waals surface area (Å²) < 4.78 is 32.7. The molecule has 1 aliphatic rings. The van der Waals surface area contributed by atoms with E-state index in [2.05, 4.69) is 0 Å². The van der Waals surface area contributed by atoms with Gasteiger partial charge in [-0.25, -0.2) is 8.78 Å². The molecule has 1 amide bonds. The summed E-state index contributed by atoms with van der Waals surface area (Å²) in [5.74, 6) is -1.96. The minimum absolute atomic E-state index is 0.0609. The quantitative estimate of drug-likeness (QED) is 0.720. The predicted molar refractivity (Wildman–Crippen MR) is 98.6 cm³/mol. The van der Waals surface area contributed by atoms with Crippen LogP contribution in [0.15, 0.2) is 35.0 Å². The molecule has 1 fully saturated rings. The minimum Gasteiger partial charge on any atom is -0.466 e. The van der Waals surface area contributed by atoms with E-state index in [-0.39, 0.29) is 31.0 Å². The molecule has 0 N–H and O–H groups in total. The maximum atomic E-state index is 14.2. The lowest BCUT2D eigenvalue weighted by Gasteiger charge is -2.41. The van der Waals surface area contributed by atoms with Gasteiger partial charge in [0.1, 0.15) is 11.6 Å². The van der Waals surface area contributed by atoms with Crippen LogP contribution in [0.2, 0.25) is 0 Å². The highest BCUT2D eigenvalue weighted by Crippen LogP contribution is 2.36. The fourth-order valence-electron chi connectivity index (χ4n) is 3.57. The fraction of sp³-hybridized carbons (Fsp3) is 0.400. The highest BCUT2D eigenvalue weighted by Gasteiger charge is 2.45. The molecule has 1 aromatic carbocycles. The lowest BCUT2D eigenvalue weighted by atomic mass is 9.74. The number of halogens is 2. The van der Waals surface area contributed by atoms with Gasteiger partial charge in [-0.2, -0.15) is 11.3 Å². The maximum absolute atomic E-state index is 14.2. The van der Waals surface area contributed by atoms with Crippen LogP contribution in [0.3, 0.4) is 0 Å². The number of esters is 1. The van der Waals surface area contributed by atoms with Gasteiger partial charge in [-0.3, -0.25) is 9.59 Å². The molecule has 3 rings (SSSR count). The van der Waals surface area contributed by atoms with Gasteiger partial charge >= 0.3 is 5.97 Å². The summed E-state index contributed by atoms with van der Waals surface area (Å²) in [5, 5.41) is 3.59. The number of benzene rings is 1. The second-order valence-corrected chi connectivity index (χ2v) is 7.54. The molecule has 0 spiro atoms. The van der Waals surface area contributed by atoms with Crippen LogP contribution in [-0.4, -0.2) is 36.5 Å². The third-order valence-corrected chi connectivity index (χ3v) is 5.57. The van der Waals surface area contributed by atoms with Gasteiger partial charge in [-0.05, 0) is 49.3 Å². The Morgan fingerprint density at radius 3 is 2.78 bits per heavy atom. The van der Waals surface area contributed by atoms with Crippen molar-refractivity contribution in [2.75, 3.05) is 19.7 Å². The molecule has 0 bridgehead atoms. The fourth-order valence-corrected chi connectivity index (χ4v) is 4.20. The number of ether oxygens (including phenoxy) is 1. The van der Waals surface area contributed by atoms with Crippen LogP contribution >= 0.6 is 11.3 Å². The summed E-state index contributed by atoms with van der Waals surface area (Å²) in [4.78, 5) is 27.2. The molecule has 1 aliphatic heterocycles. The summed E-state index contributed by atoms with van der Waals surface area (Å²) in [7, 11) is 0. The molecule has 1 aromatic heterocycles. The molecule has 4 nitrogen and oxygen atoms in total. The molecule has 0 radical (unpaired) electrons. The van der Waals surface area contributed by atoms with Gasteiger partial charge < -0.3 is 9.64 Å². The molecule has 27 heavy (non-hydrogen) atoms. The van der Waals surface area contributed by atoms with Crippen LogP contribution in [0, 0.1) is 17.0 Å². The van der Waals surface area contributed by atoms with E-state index in [0.29, 0.717) is 24.9 Å². The molecule has 0 aliphatic carbocycles. The van der Waals surface area contributed by atoms with E-state index in [9.17, 15) is 18.4 Å². The minimum atomic E-state index is -1.04. The number of rotatable bonds is 5. The average Bonchev–Trinajstić information content (AvgIpc) is 3.18. The summed E-state index contributed by atoms with van der Waals surface area (Å²) in [5.41, 5.74) is -0.222. The SMILES string of the molecule is CCOC(=O)C1(Cc2ccc(F)cc2F)CCCN(C(=O)c2ccsc2)C1. The van der Waals surface area contributed by atoms with Crippen LogP contribution < -0.4 is 0 Å². The zero-order valence-electron chi connectivity index (χ0n) is 15.0. The number of carbonyl (C=O) groups excluding carboxylic acids is 2. The molecule has 7 heteroatoms. The molecule has 1 saturated heterocycles. The van der Waals surface area contributed by atoms with Gasteiger partial charge in [-0.15, -0.1) is 0 Å². The molecule has 0 saturated carbocycles. The predicted octanol–water partition coefficient (Wildman–Crippen LogP) is 4.05. The smallest absolute Gasteiger partial charge is 0.314 e. The van der Waals surface area contributed by atoms with Crippen LogP contribution in [0.4, 0.5) is 8.78 Å². The van der Waals surface area contributed by atoms with Crippen molar-refractivity contribution in [3.63, 3.8) is 0 Å². The number of amides is 1. The second-order valence-electron chi connectivity index (χ2n) is 6.76. The Hall–Kier alpha value is -2.28. The molecule has 2 aromatic rings. The van der Waals surface area contributed by atoms with Gasteiger partial charge in [0.05, 0.1) is 17.6 Å². The zero-order chi connectivity index (χ0) is 19.4. The van der Waals surface area contributed by atoms with E-state index >= 15 is 0 Å². The summed E-state index contributed by atoms with van der Waals surface area (Å²) >= 11 is 1.43. The van der Waals surface area contributed by atoms with Crippen molar-refractivity contribution in [1.82, 2.24) is 4.90 Å². The van der Waals surface area contributed by atoms with E-state index < -0.39 is 23.0 Å². The van der Waals surface area contributed by atoms with E-state index in [1.54, 1.807) is 23.3 Å². The standard InChI is InChI=1S/C20H21F2NO3S/c1-2-26-19(25)20(11-14-4-5-16(21)10-17(14)22)7-3-8-23(13-20)18(24)15-6-9-27-12-15/h4-6,9-10,12H,2-3,7-8,11,13H2,1H3. The average molecular weight is 393 g/mol. The van der Waals surface area contributed by atoms with Gasteiger partial charge in [0.25, 0.3) is 5.91 Å². The van der Waals surface area contributed by atoms with Crippen molar-refractivity contribution in [3.8, 4) is 0 Å². The first kappa shape index (κ1) is 19.5. The largest absolute Gasteiger partial charge is 0.466 e.